The first-order valence-corrected chi connectivity index (χ1v) is 5.54. The average Bonchev–Trinajstić information content (AvgIpc) is 2.40. The summed E-state index contributed by atoms with van der Waals surface area (Å²) in [6.07, 6.45) is -4.42. The molecule has 2 aromatic carbocycles. The summed E-state index contributed by atoms with van der Waals surface area (Å²) in [4.78, 5) is 0. The Kier molecular flexibility index (Phi) is 3.61. The van der Waals surface area contributed by atoms with Gasteiger partial charge in [-0.25, -0.2) is 4.39 Å². The Bertz CT molecular complexity index is 654. The molecule has 0 spiro atoms. The molecule has 0 saturated heterocycles. The van der Waals surface area contributed by atoms with Gasteiger partial charge in [-0.3, -0.25) is 0 Å². The zero-order valence-corrected chi connectivity index (χ0v) is 10.0. The van der Waals surface area contributed by atoms with Crippen LogP contribution in [0.15, 0.2) is 42.5 Å². The van der Waals surface area contributed by atoms with Crippen LogP contribution in [0.5, 0.6) is 0 Å². The highest BCUT2D eigenvalue weighted by molar-refractivity contribution is 5.67. The second kappa shape index (κ2) is 5.21. The molecule has 0 aliphatic heterocycles. The highest BCUT2D eigenvalue weighted by atomic mass is 19.4. The van der Waals surface area contributed by atoms with Crippen molar-refractivity contribution in [3.63, 3.8) is 0 Å². The fourth-order valence-corrected chi connectivity index (χ4v) is 1.63. The minimum absolute atomic E-state index is 0.0604. The van der Waals surface area contributed by atoms with Gasteiger partial charge in [-0.1, -0.05) is 6.07 Å². The molecule has 2 aromatic rings. The highest BCUT2D eigenvalue weighted by Gasteiger charge is 2.29. The number of rotatable bonds is 2. The molecule has 0 bridgehead atoms. The average molecular weight is 280 g/mol. The van der Waals surface area contributed by atoms with Crippen LogP contribution in [0, 0.1) is 17.1 Å². The number of anilines is 2. The maximum atomic E-state index is 13.6. The lowest BCUT2D eigenvalue weighted by atomic mass is 10.1. The van der Waals surface area contributed by atoms with Crippen molar-refractivity contribution < 1.29 is 17.6 Å². The summed E-state index contributed by atoms with van der Waals surface area (Å²) in [5.74, 6) is -0.649. The fourth-order valence-electron chi connectivity index (χ4n) is 1.63. The van der Waals surface area contributed by atoms with Crippen LogP contribution >= 0.6 is 0 Å². The summed E-state index contributed by atoms with van der Waals surface area (Å²) in [6, 6.07) is 9.89. The Morgan fingerprint density at radius 2 is 1.65 bits per heavy atom. The van der Waals surface area contributed by atoms with Crippen LogP contribution in [-0.4, -0.2) is 0 Å². The Labute approximate surface area is 112 Å². The van der Waals surface area contributed by atoms with Gasteiger partial charge in [0.2, 0.25) is 0 Å². The van der Waals surface area contributed by atoms with Gasteiger partial charge in [0.15, 0.2) is 0 Å². The Morgan fingerprint density at radius 1 is 1.00 bits per heavy atom. The number of nitriles is 1. The molecule has 20 heavy (non-hydrogen) atoms. The third kappa shape index (κ3) is 2.88. The Morgan fingerprint density at radius 3 is 2.20 bits per heavy atom. The van der Waals surface area contributed by atoms with E-state index in [1.54, 1.807) is 0 Å². The molecule has 0 aliphatic carbocycles. The molecule has 0 heterocycles. The van der Waals surface area contributed by atoms with Gasteiger partial charge in [0.05, 0.1) is 16.8 Å². The van der Waals surface area contributed by atoms with Crippen molar-refractivity contribution >= 4 is 11.4 Å². The van der Waals surface area contributed by atoms with E-state index in [4.69, 9.17) is 5.26 Å². The van der Waals surface area contributed by atoms with Crippen LogP contribution in [-0.2, 0) is 6.18 Å². The number of alkyl halides is 3. The summed E-state index contributed by atoms with van der Waals surface area (Å²) in [6.45, 7) is 0. The molecule has 2 rings (SSSR count). The molecule has 1 N–H and O–H groups in total. The van der Waals surface area contributed by atoms with E-state index in [1.165, 1.54) is 24.3 Å². The van der Waals surface area contributed by atoms with E-state index in [9.17, 15) is 17.6 Å². The van der Waals surface area contributed by atoms with Gasteiger partial charge in [-0.05, 0) is 36.4 Å². The molecule has 0 saturated carbocycles. The normalized spacial score (nSPS) is 10.9. The number of halogens is 4. The second-order valence-electron chi connectivity index (χ2n) is 3.97. The van der Waals surface area contributed by atoms with Crippen molar-refractivity contribution in [3.8, 4) is 6.07 Å². The SMILES string of the molecule is N#Cc1cccc(F)c1Nc1ccc(C(F)(F)F)cc1. The van der Waals surface area contributed by atoms with Crippen molar-refractivity contribution in [1.82, 2.24) is 0 Å². The van der Waals surface area contributed by atoms with Crippen molar-refractivity contribution in [2.24, 2.45) is 0 Å². The van der Waals surface area contributed by atoms with Gasteiger partial charge in [-0.15, -0.1) is 0 Å². The van der Waals surface area contributed by atoms with Crippen molar-refractivity contribution in [2.45, 2.75) is 6.18 Å². The number of benzene rings is 2. The fraction of sp³-hybridized carbons (Fsp3) is 0.0714. The van der Waals surface area contributed by atoms with Crippen LogP contribution in [0.25, 0.3) is 0 Å². The number of nitrogens with zero attached hydrogens (tertiary/aromatic N) is 1. The zero-order chi connectivity index (χ0) is 14.8. The zero-order valence-electron chi connectivity index (χ0n) is 10.0. The number of nitrogens with one attached hydrogen (secondary N) is 1. The lowest BCUT2D eigenvalue weighted by molar-refractivity contribution is -0.137. The third-order valence-electron chi connectivity index (χ3n) is 2.62. The molecule has 0 aliphatic rings. The van der Waals surface area contributed by atoms with Gasteiger partial charge in [0.25, 0.3) is 0 Å². The maximum Gasteiger partial charge on any atom is 0.416 e. The molecule has 2 nitrogen and oxygen atoms in total. The Hall–Kier alpha value is -2.55. The molecular formula is C14H8F4N2. The van der Waals surface area contributed by atoms with Crippen molar-refractivity contribution in [2.75, 3.05) is 5.32 Å². The van der Waals surface area contributed by atoms with Crippen molar-refractivity contribution in [3.05, 3.63) is 59.4 Å². The van der Waals surface area contributed by atoms with E-state index >= 15 is 0 Å². The first kappa shape index (κ1) is 13.9. The van der Waals surface area contributed by atoms with E-state index in [0.717, 1.165) is 18.2 Å². The molecule has 0 radical (unpaired) electrons. The quantitative estimate of drug-likeness (QED) is 0.824. The van der Waals surface area contributed by atoms with Crippen LogP contribution < -0.4 is 5.32 Å². The minimum Gasteiger partial charge on any atom is -0.352 e. The lowest BCUT2D eigenvalue weighted by Gasteiger charge is -2.11. The summed E-state index contributed by atoms with van der Waals surface area (Å²) in [7, 11) is 0. The predicted molar refractivity (Wildman–Crippen MR) is 65.8 cm³/mol. The first-order valence-electron chi connectivity index (χ1n) is 5.54. The van der Waals surface area contributed by atoms with Gasteiger partial charge in [0, 0.05) is 5.69 Å². The molecule has 6 heteroatoms. The summed E-state index contributed by atoms with van der Waals surface area (Å²) in [5, 5.41) is 11.5. The molecule has 0 aromatic heterocycles. The van der Waals surface area contributed by atoms with E-state index in [2.05, 4.69) is 5.32 Å². The van der Waals surface area contributed by atoms with Crippen LogP contribution in [0.1, 0.15) is 11.1 Å². The van der Waals surface area contributed by atoms with Gasteiger partial charge in [0.1, 0.15) is 11.9 Å². The molecular weight excluding hydrogens is 272 g/mol. The standard InChI is InChI=1S/C14H8F4N2/c15-12-3-1-2-9(8-19)13(12)20-11-6-4-10(5-7-11)14(16,17)18/h1-7,20H. The topological polar surface area (TPSA) is 35.8 Å². The predicted octanol–water partition coefficient (Wildman–Crippen LogP) is 4.46. The third-order valence-corrected chi connectivity index (χ3v) is 2.62. The molecule has 0 atom stereocenters. The van der Waals surface area contributed by atoms with E-state index in [-0.39, 0.29) is 16.9 Å². The van der Waals surface area contributed by atoms with Crippen LogP contribution in [0.3, 0.4) is 0 Å². The first-order chi connectivity index (χ1) is 9.41. The van der Waals surface area contributed by atoms with Crippen molar-refractivity contribution in [1.29, 1.82) is 5.26 Å². The minimum atomic E-state index is -4.42. The number of hydrogen-bond donors (Lipinski definition) is 1. The van der Waals surface area contributed by atoms with Gasteiger partial charge >= 0.3 is 6.18 Å². The van der Waals surface area contributed by atoms with Gasteiger partial charge < -0.3 is 5.32 Å². The smallest absolute Gasteiger partial charge is 0.352 e. The summed E-state index contributed by atoms with van der Waals surface area (Å²) < 4.78 is 50.8. The monoisotopic (exact) mass is 280 g/mol. The maximum absolute atomic E-state index is 13.6. The molecule has 0 amide bonds. The molecule has 0 fully saturated rings. The van der Waals surface area contributed by atoms with E-state index in [1.807, 2.05) is 6.07 Å². The van der Waals surface area contributed by atoms with E-state index < -0.39 is 17.6 Å². The second-order valence-corrected chi connectivity index (χ2v) is 3.97. The largest absolute Gasteiger partial charge is 0.416 e. The highest BCUT2D eigenvalue weighted by Crippen LogP contribution is 2.31. The van der Waals surface area contributed by atoms with Crippen LogP contribution in [0.2, 0.25) is 0 Å². The Balaban J connectivity index is 2.30. The molecule has 102 valence electrons. The summed E-state index contributed by atoms with van der Waals surface area (Å²) in [5.41, 5.74) is -0.517. The number of para-hydroxylation sites is 1. The lowest BCUT2D eigenvalue weighted by Crippen LogP contribution is -2.04. The number of hydrogen-bond acceptors (Lipinski definition) is 2. The van der Waals surface area contributed by atoms with Crippen LogP contribution in [0.4, 0.5) is 28.9 Å². The van der Waals surface area contributed by atoms with E-state index in [0.29, 0.717) is 0 Å². The van der Waals surface area contributed by atoms with Gasteiger partial charge in [-0.2, -0.15) is 18.4 Å². The summed E-state index contributed by atoms with van der Waals surface area (Å²) >= 11 is 0. The molecule has 0 unspecified atom stereocenters.